The fourth-order valence-electron chi connectivity index (χ4n) is 1.82. The van der Waals surface area contributed by atoms with Gasteiger partial charge in [-0.3, -0.25) is 4.79 Å². The van der Waals surface area contributed by atoms with Gasteiger partial charge in [0.2, 0.25) is 5.91 Å². The first-order chi connectivity index (χ1) is 9.10. The highest BCUT2D eigenvalue weighted by Gasteiger charge is 2.08. The fourth-order valence-corrected chi connectivity index (χ4v) is 1.98. The van der Waals surface area contributed by atoms with E-state index in [2.05, 4.69) is 11.4 Å². The molecular formula is C14H14ClN3O. The highest BCUT2D eigenvalue weighted by Crippen LogP contribution is 2.20. The maximum atomic E-state index is 11.8. The normalized spacial score (nSPS) is 12.1. The van der Waals surface area contributed by atoms with Gasteiger partial charge in [-0.2, -0.15) is 5.26 Å². The molecular weight excluding hydrogens is 262 g/mol. The summed E-state index contributed by atoms with van der Waals surface area (Å²) in [5.74, 6) is -0.292. The van der Waals surface area contributed by atoms with E-state index < -0.39 is 0 Å². The van der Waals surface area contributed by atoms with Gasteiger partial charge in [-0.05, 0) is 30.5 Å². The van der Waals surface area contributed by atoms with Gasteiger partial charge in [0.1, 0.15) is 6.54 Å². The molecule has 98 valence electrons. The summed E-state index contributed by atoms with van der Waals surface area (Å²) in [6.45, 7) is 2.36. The van der Waals surface area contributed by atoms with Gasteiger partial charge in [0.15, 0.2) is 0 Å². The lowest BCUT2D eigenvalue weighted by atomic mass is 10.2. The minimum Gasteiger partial charge on any atom is -0.353 e. The number of halogens is 1. The monoisotopic (exact) mass is 275 g/mol. The van der Waals surface area contributed by atoms with Crippen LogP contribution in [0.15, 0.2) is 30.5 Å². The van der Waals surface area contributed by atoms with E-state index in [-0.39, 0.29) is 18.4 Å². The summed E-state index contributed by atoms with van der Waals surface area (Å²) < 4.78 is 1.84. The Balaban J connectivity index is 2.07. The van der Waals surface area contributed by atoms with Gasteiger partial charge in [-0.25, -0.2) is 0 Å². The van der Waals surface area contributed by atoms with Gasteiger partial charge >= 0.3 is 0 Å². The number of nitrogens with zero attached hydrogens (tertiary/aromatic N) is 2. The zero-order valence-corrected chi connectivity index (χ0v) is 11.3. The number of aromatic nitrogens is 1. The summed E-state index contributed by atoms with van der Waals surface area (Å²) in [4.78, 5) is 11.8. The lowest BCUT2D eigenvalue weighted by Crippen LogP contribution is -2.30. The summed E-state index contributed by atoms with van der Waals surface area (Å²) in [5.41, 5.74) is 0.927. The second kappa shape index (κ2) is 5.77. The van der Waals surface area contributed by atoms with E-state index in [1.54, 1.807) is 6.92 Å². The molecule has 0 fully saturated rings. The average molecular weight is 276 g/mol. The summed E-state index contributed by atoms with van der Waals surface area (Å²) in [7, 11) is 0. The van der Waals surface area contributed by atoms with Crippen LogP contribution in [0.4, 0.5) is 0 Å². The van der Waals surface area contributed by atoms with Crippen LogP contribution in [0.5, 0.6) is 0 Å². The van der Waals surface area contributed by atoms with E-state index in [1.165, 1.54) is 0 Å². The van der Waals surface area contributed by atoms with Crippen LogP contribution in [0.1, 0.15) is 6.92 Å². The average Bonchev–Trinajstić information content (AvgIpc) is 2.78. The molecule has 1 N–H and O–H groups in total. The van der Waals surface area contributed by atoms with Crippen molar-refractivity contribution in [1.82, 2.24) is 9.88 Å². The molecule has 0 saturated heterocycles. The Morgan fingerprint density at radius 2 is 2.32 bits per heavy atom. The number of carbonyl (C=O) groups excluding carboxylic acids is 1. The minimum absolute atomic E-state index is 0.112. The smallest absolute Gasteiger partial charge is 0.239 e. The molecule has 0 bridgehead atoms. The Bertz CT molecular complexity index is 642. The third-order valence-corrected chi connectivity index (χ3v) is 3.11. The number of hydrogen-bond acceptors (Lipinski definition) is 2. The fraction of sp³-hybridized carbons (Fsp3) is 0.286. The van der Waals surface area contributed by atoms with Gasteiger partial charge in [0, 0.05) is 23.3 Å². The predicted molar refractivity (Wildman–Crippen MR) is 74.7 cm³/mol. The van der Waals surface area contributed by atoms with Crippen molar-refractivity contribution in [3.05, 3.63) is 35.5 Å². The van der Waals surface area contributed by atoms with E-state index in [0.29, 0.717) is 11.6 Å². The molecule has 0 aliphatic rings. The molecule has 0 spiro atoms. The zero-order chi connectivity index (χ0) is 13.8. The number of benzene rings is 1. The second-order valence-electron chi connectivity index (χ2n) is 4.48. The topological polar surface area (TPSA) is 57.8 Å². The van der Waals surface area contributed by atoms with E-state index in [9.17, 15) is 4.79 Å². The third-order valence-electron chi connectivity index (χ3n) is 2.88. The molecule has 2 rings (SSSR count). The second-order valence-corrected chi connectivity index (χ2v) is 4.92. The van der Waals surface area contributed by atoms with Crippen molar-refractivity contribution in [1.29, 1.82) is 5.26 Å². The maximum Gasteiger partial charge on any atom is 0.239 e. The molecule has 0 saturated carbocycles. The van der Waals surface area contributed by atoms with Crippen molar-refractivity contribution in [3.63, 3.8) is 0 Å². The highest BCUT2D eigenvalue weighted by molar-refractivity contribution is 6.31. The molecule has 4 nitrogen and oxygen atoms in total. The van der Waals surface area contributed by atoms with E-state index in [4.69, 9.17) is 16.9 Å². The Labute approximate surface area is 116 Å². The van der Waals surface area contributed by atoms with Crippen molar-refractivity contribution in [2.75, 3.05) is 6.54 Å². The molecule has 1 aromatic carbocycles. The van der Waals surface area contributed by atoms with Gasteiger partial charge in [0.05, 0.1) is 12.0 Å². The standard InChI is InChI=1S/C14H14ClN3O/c1-10(7-16)8-17-14(19)9-18-5-4-11-2-3-12(15)6-13(11)18/h2-6,10H,8-9H2,1H3,(H,17,19)/t10-/m1/s1. The van der Waals surface area contributed by atoms with Crippen LogP contribution in [0.25, 0.3) is 10.9 Å². The molecule has 0 unspecified atom stereocenters. The molecule has 5 heteroatoms. The number of rotatable bonds is 4. The lowest BCUT2D eigenvalue weighted by Gasteiger charge is -2.08. The van der Waals surface area contributed by atoms with Crippen LogP contribution in [0.3, 0.4) is 0 Å². The highest BCUT2D eigenvalue weighted by atomic mass is 35.5. The van der Waals surface area contributed by atoms with Crippen molar-refractivity contribution in [2.24, 2.45) is 5.92 Å². The first-order valence-electron chi connectivity index (χ1n) is 6.01. The Hall–Kier alpha value is -1.99. The third kappa shape index (κ3) is 3.27. The van der Waals surface area contributed by atoms with E-state index >= 15 is 0 Å². The minimum atomic E-state index is -0.181. The van der Waals surface area contributed by atoms with Crippen LogP contribution < -0.4 is 5.32 Å². The van der Waals surface area contributed by atoms with Crippen LogP contribution in [-0.2, 0) is 11.3 Å². The molecule has 2 aromatic rings. The summed E-state index contributed by atoms with van der Waals surface area (Å²) in [6, 6.07) is 9.60. The Morgan fingerprint density at radius 3 is 3.05 bits per heavy atom. The van der Waals surface area contributed by atoms with Gasteiger partial charge in [-0.15, -0.1) is 0 Å². The van der Waals surface area contributed by atoms with Gasteiger partial charge in [0.25, 0.3) is 0 Å². The molecule has 0 aliphatic carbocycles. The largest absolute Gasteiger partial charge is 0.353 e. The number of hydrogen-bond donors (Lipinski definition) is 1. The number of nitrogens with one attached hydrogen (secondary N) is 1. The first-order valence-corrected chi connectivity index (χ1v) is 6.38. The SMILES string of the molecule is C[C@H](C#N)CNC(=O)Cn1ccc2ccc(Cl)cc21. The number of nitriles is 1. The van der Waals surface area contributed by atoms with Crippen molar-refractivity contribution in [3.8, 4) is 6.07 Å². The summed E-state index contributed by atoms with van der Waals surface area (Å²) >= 11 is 5.96. The van der Waals surface area contributed by atoms with Crippen molar-refractivity contribution >= 4 is 28.4 Å². The van der Waals surface area contributed by atoms with Crippen LogP contribution in [0.2, 0.25) is 5.02 Å². The van der Waals surface area contributed by atoms with Crippen molar-refractivity contribution < 1.29 is 4.79 Å². The quantitative estimate of drug-likeness (QED) is 0.932. The van der Waals surface area contributed by atoms with Gasteiger partial charge < -0.3 is 9.88 Å². The molecule has 1 amide bonds. The molecule has 1 aromatic heterocycles. The van der Waals surface area contributed by atoms with Crippen molar-refractivity contribution in [2.45, 2.75) is 13.5 Å². The number of amides is 1. The zero-order valence-electron chi connectivity index (χ0n) is 10.6. The Kier molecular flexibility index (Phi) is 4.08. The number of carbonyl (C=O) groups is 1. The first kappa shape index (κ1) is 13.4. The molecule has 1 heterocycles. The summed E-state index contributed by atoms with van der Waals surface area (Å²) in [6.07, 6.45) is 1.86. The Morgan fingerprint density at radius 1 is 1.53 bits per heavy atom. The van der Waals surface area contributed by atoms with Crippen LogP contribution in [-0.4, -0.2) is 17.0 Å². The molecule has 19 heavy (non-hydrogen) atoms. The maximum absolute atomic E-state index is 11.8. The number of fused-ring (bicyclic) bond motifs is 1. The predicted octanol–water partition coefficient (Wildman–Crippen LogP) is 2.57. The summed E-state index contributed by atoms with van der Waals surface area (Å²) in [5, 5.41) is 13.1. The molecule has 0 radical (unpaired) electrons. The molecule has 0 aliphatic heterocycles. The van der Waals surface area contributed by atoms with Crippen LogP contribution in [0, 0.1) is 17.2 Å². The van der Waals surface area contributed by atoms with Gasteiger partial charge in [-0.1, -0.05) is 17.7 Å². The van der Waals surface area contributed by atoms with Crippen LogP contribution >= 0.6 is 11.6 Å². The van der Waals surface area contributed by atoms with E-state index in [0.717, 1.165) is 10.9 Å². The molecule has 1 atom stereocenters. The van der Waals surface area contributed by atoms with E-state index in [1.807, 2.05) is 35.0 Å². The lowest BCUT2D eigenvalue weighted by molar-refractivity contribution is -0.121.